The van der Waals surface area contributed by atoms with Crippen molar-refractivity contribution in [3.05, 3.63) is 103 Å². The molecule has 0 amide bonds. The molecule has 0 aliphatic heterocycles. The van der Waals surface area contributed by atoms with Crippen LogP contribution < -0.4 is 11.1 Å². The number of anilines is 3. The predicted octanol–water partition coefficient (Wildman–Crippen LogP) is 7.64. The molecule has 4 rings (SSSR count). The van der Waals surface area contributed by atoms with Crippen LogP contribution in [-0.2, 0) is 5.41 Å². The van der Waals surface area contributed by atoms with E-state index in [-0.39, 0.29) is 5.41 Å². The third kappa shape index (κ3) is 4.08. The Morgan fingerprint density at radius 1 is 0.600 bits per heavy atom. The molecule has 0 unspecified atom stereocenters. The molecule has 0 fully saturated rings. The van der Waals surface area contributed by atoms with Gasteiger partial charge in [0.15, 0.2) is 0 Å². The minimum Gasteiger partial charge on any atom is -0.397 e. The van der Waals surface area contributed by atoms with Crippen molar-refractivity contribution in [1.82, 2.24) is 0 Å². The third-order valence-corrected chi connectivity index (χ3v) is 5.43. The lowest BCUT2D eigenvalue weighted by molar-refractivity contribution is 0.590. The van der Waals surface area contributed by atoms with Crippen LogP contribution in [0.2, 0.25) is 0 Å². The Labute approximate surface area is 179 Å². The fourth-order valence-electron chi connectivity index (χ4n) is 3.68. The maximum Gasteiger partial charge on any atom is 0.0618 e. The lowest BCUT2D eigenvalue weighted by atomic mass is 9.86. The Morgan fingerprint density at radius 2 is 1.17 bits per heavy atom. The van der Waals surface area contributed by atoms with Gasteiger partial charge in [0.2, 0.25) is 0 Å². The fraction of sp³-hybridized carbons (Fsp3) is 0.143. The topological polar surface area (TPSA) is 38.0 Å². The first kappa shape index (κ1) is 19.8. The van der Waals surface area contributed by atoms with Crippen LogP contribution >= 0.6 is 0 Å². The third-order valence-electron chi connectivity index (χ3n) is 5.43. The zero-order chi connectivity index (χ0) is 21.1. The highest BCUT2D eigenvalue weighted by molar-refractivity contribution is 5.94. The Hall–Kier alpha value is -3.52. The number of nitrogen functional groups attached to an aromatic ring is 1. The van der Waals surface area contributed by atoms with Crippen LogP contribution in [0.5, 0.6) is 0 Å². The summed E-state index contributed by atoms with van der Waals surface area (Å²) >= 11 is 0. The lowest BCUT2D eigenvalue weighted by Crippen LogP contribution is -2.10. The predicted molar refractivity (Wildman–Crippen MR) is 130 cm³/mol. The van der Waals surface area contributed by atoms with E-state index in [4.69, 9.17) is 5.73 Å². The second kappa shape index (κ2) is 8.08. The summed E-state index contributed by atoms with van der Waals surface area (Å²) in [6.07, 6.45) is 0. The van der Waals surface area contributed by atoms with Gasteiger partial charge in [0, 0.05) is 11.1 Å². The van der Waals surface area contributed by atoms with Crippen molar-refractivity contribution in [2.24, 2.45) is 0 Å². The van der Waals surface area contributed by atoms with E-state index in [0.29, 0.717) is 0 Å². The molecule has 0 aromatic heterocycles. The van der Waals surface area contributed by atoms with Gasteiger partial charge >= 0.3 is 0 Å². The summed E-state index contributed by atoms with van der Waals surface area (Å²) < 4.78 is 0. The molecule has 4 aromatic rings. The zero-order valence-corrected chi connectivity index (χ0v) is 17.8. The van der Waals surface area contributed by atoms with Crippen molar-refractivity contribution in [2.75, 3.05) is 11.1 Å². The lowest BCUT2D eigenvalue weighted by Gasteiger charge is -2.21. The van der Waals surface area contributed by atoms with Gasteiger partial charge in [-0.1, -0.05) is 106 Å². The Bertz CT molecular complexity index is 1140. The van der Waals surface area contributed by atoms with E-state index >= 15 is 0 Å². The van der Waals surface area contributed by atoms with Crippen molar-refractivity contribution in [1.29, 1.82) is 0 Å². The van der Waals surface area contributed by atoms with Gasteiger partial charge in [0.05, 0.1) is 17.1 Å². The standard InChI is InChI=1S/C28H28N2/c1-28(2,3)22-18-16-21(17-19-22)24-13-9-12-23(20-10-5-4-6-11-20)27(24)30-26-15-8-7-14-25(26)29/h4-19,30H,29H2,1-3H3. The SMILES string of the molecule is CC(C)(C)c1ccc(-c2cccc(-c3ccccc3)c2Nc2ccccc2N)cc1. The van der Waals surface area contributed by atoms with Crippen LogP contribution in [0.4, 0.5) is 17.1 Å². The van der Waals surface area contributed by atoms with E-state index in [1.54, 1.807) is 0 Å². The smallest absolute Gasteiger partial charge is 0.0618 e. The van der Waals surface area contributed by atoms with E-state index in [1.165, 1.54) is 16.7 Å². The van der Waals surface area contributed by atoms with Crippen LogP contribution in [0.25, 0.3) is 22.3 Å². The first-order chi connectivity index (χ1) is 14.4. The molecule has 0 aliphatic carbocycles. The normalized spacial score (nSPS) is 11.3. The summed E-state index contributed by atoms with van der Waals surface area (Å²) in [4.78, 5) is 0. The van der Waals surface area contributed by atoms with Crippen LogP contribution in [0.3, 0.4) is 0 Å². The highest BCUT2D eigenvalue weighted by atomic mass is 14.9. The van der Waals surface area contributed by atoms with Gasteiger partial charge in [0.25, 0.3) is 0 Å². The highest BCUT2D eigenvalue weighted by Crippen LogP contribution is 2.40. The minimum atomic E-state index is 0.129. The van der Waals surface area contributed by atoms with E-state index < -0.39 is 0 Å². The van der Waals surface area contributed by atoms with Crippen molar-refractivity contribution < 1.29 is 0 Å². The molecule has 0 saturated carbocycles. The first-order valence-corrected chi connectivity index (χ1v) is 10.3. The summed E-state index contributed by atoms with van der Waals surface area (Å²) in [6, 6.07) is 33.7. The zero-order valence-electron chi connectivity index (χ0n) is 17.8. The van der Waals surface area contributed by atoms with Crippen molar-refractivity contribution in [2.45, 2.75) is 26.2 Å². The summed E-state index contributed by atoms with van der Waals surface area (Å²) in [7, 11) is 0. The average Bonchev–Trinajstić information content (AvgIpc) is 2.75. The largest absolute Gasteiger partial charge is 0.397 e. The monoisotopic (exact) mass is 392 g/mol. The quantitative estimate of drug-likeness (QED) is 0.350. The van der Waals surface area contributed by atoms with Gasteiger partial charge < -0.3 is 11.1 Å². The number of nitrogens with one attached hydrogen (secondary N) is 1. The summed E-state index contributed by atoms with van der Waals surface area (Å²) in [5, 5.41) is 3.63. The van der Waals surface area contributed by atoms with Crippen molar-refractivity contribution in [3.8, 4) is 22.3 Å². The maximum atomic E-state index is 6.25. The van der Waals surface area contributed by atoms with E-state index in [9.17, 15) is 0 Å². The van der Waals surface area contributed by atoms with Gasteiger partial charge in [-0.15, -0.1) is 0 Å². The summed E-state index contributed by atoms with van der Waals surface area (Å²) in [6.45, 7) is 6.72. The Kier molecular flexibility index (Phi) is 5.33. The van der Waals surface area contributed by atoms with Crippen LogP contribution in [0.15, 0.2) is 97.1 Å². The van der Waals surface area contributed by atoms with Gasteiger partial charge in [-0.25, -0.2) is 0 Å². The number of nitrogens with two attached hydrogens (primary N) is 1. The second-order valence-electron chi connectivity index (χ2n) is 8.63. The summed E-state index contributed by atoms with van der Waals surface area (Å²) in [5.41, 5.74) is 15.1. The van der Waals surface area contributed by atoms with Gasteiger partial charge in [-0.05, 0) is 34.2 Å². The number of rotatable bonds is 4. The van der Waals surface area contributed by atoms with Crippen molar-refractivity contribution in [3.63, 3.8) is 0 Å². The molecule has 0 atom stereocenters. The highest BCUT2D eigenvalue weighted by Gasteiger charge is 2.16. The molecule has 4 aromatic carbocycles. The van der Waals surface area contributed by atoms with E-state index in [2.05, 4.69) is 92.8 Å². The Balaban J connectivity index is 1.87. The van der Waals surface area contributed by atoms with Crippen LogP contribution in [-0.4, -0.2) is 0 Å². The molecule has 2 heteroatoms. The molecule has 0 saturated heterocycles. The van der Waals surface area contributed by atoms with E-state index in [1.807, 2.05) is 30.3 Å². The van der Waals surface area contributed by atoms with Gasteiger partial charge in [-0.3, -0.25) is 0 Å². The van der Waals surface area contributed by atoms with Crippen LogP contribution in [0, 0.1) is 0 Å². The molecule has 2 nitrogen and oxygen atoms in total. The average molecular weight is 393 g/mol. The molecule has 3 N–H and O–H groups in total. The molecular weight excluding hydrogens is 364 g/mol. The molecular formula is C28H28N2. The van der Waals surface area contributed by atoms with Gasteiger partial charge in [0.1, 0.15) is 0 Å². The number of benzene rings is 4. The number of para-hydroxylation sites is 3. The fourth-order valence-corrected chi connectivity index (χ4v) is 3.68. The van der Waals surface area contributed by atoms with E-state index in [0.717, 1.165) is 28.2 Å². The Morgan fingerprint density at radius 3 is 1.77 bits per heavy atom. The van der Waals surface area contributed by atoms with Gasteiger partial charge in [-0.2, -0.15) is 0 Å². The minimum absolute atomic E-state index is 0.129. The number of hydrogen-bond donors (Lipinski definition) is 2. The van der Waals surface area contributed by atoms with Crippen molar-refractivity contribution >= 4 is 17.1 Å². The summed E-state index contributed by atoms with van der Waals surface area (Å²) in [5.74, 6) is 0. The number of hydrogen-bond acceptors (Lipinski definition) is 2. The molecule has 150 valence electrons. The molecule has 0 spiro atoms. The first-order valence-electron chi connectivity index (χ1n) is 10.3. The molecule has 0 aliphatic rings. The molecule has 0 bridgehead atoms. The maximum absolute atomic E-state index is 6.25. The van der Waals surface area contributed by atoms with Crippen LogP contribution in [0.1, 0.15) is 26.3 Å². The molecule has 0 heterocycles. The molecule has 0 radical (unpaired) electrons. The molecule has 30 heavy (non-hydrogen) atoms. The second-order valence-corrected chi connectivity index (χ2v) is 8.63.